The Morgan fingerprint density at radius 2 is 2.11 bits per heavy atom. The monoisotopic (exact) mass is 378 g/mol. The molecule has 0 bridgehead atoms. The van der Waals surface area contributed by atoms with Crippen LogP contribution in [-0.2, 0) is 9.59 Å². The lowest BCUT2D eigenvalue weighted by Crippen LogP contribution is -2.40. The summed E-state index contributed by atoms with van der Waals surface area (Å²) in [4.78, 5) is 27.0. The van der Waals surface area contributed by atoms with E-state index >= 15 is 0 Å². The summed E-state index contributed by atoms with van der Waals surface area (Å²) in [7, 11) is 0. The number of carbonyl (C=O) groups excluding carboxylic acids is 2. The zero-order valence-electron chi connectivity index (χ0n) is 14.2. The number of nitrogens with one attached hydrogen (secondary N) is 2. The van der Waals surface area contributed by atoms with Gasteiger partial charge in [-0.1, -0.05) is 29.8 Å². The average molecular weight is 379 g/mol. The molecule has 0 radical (unpaired) electrons. The van der Waals surface area contributed by atoms with Crippen molar-refractivity contribution in [2.24, 2.45) is 5.92 Å². The maximum atomic E-state index is 13.0. The minimum absolute atomic E-state index is 0.0114. The molecule has 0 aromatic heterocycles. The summed E-state index contributed by atoms with van der Waals surface area (Å²) < 4.78 is 0. The van der Waals surface area contributed by atoms with E-state index in [1.54, 1.807) is 24.3 Å². The van der Waals surface area contributed by atoms with E-state index in [0.29, 0.717) is 27.8 Å². The summed E-state index contributed by atoms with van der Waals surface area (Å²) in [5.41, 5.74) is 2.51. The fourth-order valence-corrected chi connectivity index (χ4v) is 3.58. The van der Waals surface area contributed by atoms with E-state index in [-0.39, 0.29) is 24.7 Å². The van der Waals surface area contributed by atoms with Crippen LogP contribution in [-0.4, -0.2) is 11.8 Å². The van der Waals surface area contributed by atoms with Crippen molar-refractivity contribution in [1.82, 2.24) is 0 Å². The van der Waals surface area contributed by atoms with Crippen molar-refractivity contribution < 1.29 is 9.59 Å². The Kier molecular flexibility index (Phi) is 4.30. The van der Waals surface area contributed by atoms with Crippen LogP contribution in [0.25, 0.3) is 0 Å². The molecule has 1 atom stereocenters. The molecule has 0 saturated carbocycles. The minimum atomic E-state index is -0.601. The number of allylic oxidation sites excluding steroid dienone is 1. The van der Waals surface area contributed by atoms with E-state index in [4.69, 9.17) is 11.6 Å². The lowest BCUT2D eigenvalue weighted by molar-refractivity contribution is -0.126. The van der Waals surface area contributed by atoms with Gasteiger partial charge in [-0.15, -0.1) is 0 Å². The van der Waals surface area contributed by atoms with Crippen LogP contribution in [0.5, 0.6) is 0 Å². The molecule has 4 rings (SSSR count). The molecule has 6 nitrogen and oxygen atoms in total. The summed E-state index contributed by atoms with van der Waals surface area (Å²) >= 11 is 5.93. The van der Waals surface area contributed by atoms with Crippen molar-refractivity contribution in [3.63, 3.8) is 0 Å². The Balaban J connectivity index is 1.56. The van der Waals surface area contributed by atoms with Gasteiger partial charge in [0, 0.05) is 17.1 Å². The molecule has 2 heterocycles. The Morgan fingerprint density at radius 1 is 1.30 bits per heavy atom. The molecule has 7 heteroatoms. The first kappa shape index (κ1) is 17.1. The summed E-state index contributed by atoms with van der Waals surface area (Å²) in [5.74, 6) is -0.592. The second-order valence-electron chi connectivity index (χ2n) is 6.42. The highest BCUT2D eigenvalue weighted by Gasteiger charge is 2.41. The average Bonchev–Trinajstić information content (AvgIpc) is 3.04. The molecular formula is C20H15ClN4O2. The smallest absolute Gasteiger partial charge is 0.236 e. The number of halogens is 1. The number of hydrogen-bond donors (Lipinski definition) is 2. The van der Waals surface area contributed by atoms with Crippen molar-refractivity contribution in [3.05, 3.63) is 64.9 Å². The number of para-hydroxylation sites is 2. The summed E-state index contributed by atoms with van der Waals surface area (Å²) in [6.07, 6.45) is 0.216. The SMILES string of the molecule is N#CC1=C2Nc3ccccc3N2C(=O)C(CC(=O)Nc2cccc(Cl)c2)C1. The molecule has 1 unspecified atom stereocenters. The zero-order valence-corrected chi connectivity index (χ0v) is 15.0. The van der Waals surface area contributed by atoms with E-state index in [0.717, 1.165) is 5.69 Å². The lowest BCUT2D eigenvalue weighted by atomic mass is 9.91. The van der Waals surface area contributed by atoms with Gasteiger partial charge in [0.25, 0.3) is 0 Å². The van der Waals surface area contributed by atoms with Crippen LogP contribution >= 0.6 is 11.6 Å². The topological polar surface area (TPSA) is 85.2 Å². The number of benzene rings is 2. The number of carbonyl (C=O) groups is 2. The van der Waals surface area contributed by atoms with Gasteiger partial charge in [-0.25, -0.2) is 0 Å². The second kappa shape index (κ2) is 6.78. The Morgan fingerprint density at radius 3 is 2.89 bits per heavy atom. The van der Waals surface area contributed by atoms with Gasteiger partial charge in [0.15, 0.2) is 0 Å². The van der Waals surface area contributed by atoms with Gasteiger partial charge in [-0.05, 0) is 36.8 Å². The van der Waals surface area contributed by atoms with Gasteiger partial charge in [-0.3, -0.25) is 14.5 Å². The van der Waals surface area contributed by atoms with Gasteiger partial charge >= 0.3 is 0 Å². The van der Waals surface area contributed by atoms with E-state index in [1.807, 2.05) is 24.3 Å². The first-order chi connectivity index (χ1) is 13.1. The Bertz CT molecular complexity index is 1020. The van der Waals surface area contributed by atoms with Crippen molar-refractivity contribution in [3.8, 4) is 6.07 Å². The molecule has 2 aromatic carbocycles. The first-order valence-electron chi connectivity index (χ1n) is 8.45. The molecule has 2 aliphatic rings. The van der Waals surface area contributed by atoms with E-state index < -0.39 is 5.92 Å². The van der Waals surface area contributed by atoms with Crippen LogP contribution in [0.2, 0.25) is 5.02 Å². The maximum absolute atomic E-state index is 13.0. The summed E-state index contributed by atoms with van der Waals surface area (Å²) in [6.45, 7) is 0. The van der Waals surface area contributed by atoms with Crippen LogP contribution in [0.15, 0.2) is 59.9 Å². The number of hydrogen-bond acceptors (Lipinski definition) is 4. The van der Waals surface area contributed by atoms with E-state index in [9.17, 15) is 14.9 Å². The molecule has 2 aromatic rings. The fraction of sp³-hybridized carbons (Fsp3) is 0.150. The quantitative estimate of drug-likeness (QED) is 0.848. The van der Waals surface area contributed by atoms with Gasteiger partial charge in [0.1, 0.15) is 5.82 Å². The van der Waals surface area contributed by atoms with Crippen molar-refractivity contribution in [2.75, 3.05) is 15.5 Å². The van der Waals surface area contributed by atoms with E-state index in [1.165, 1.54) is 4.90 Å². The maximum Gasteiger partial charge on any atom is 0.236 e. The molecular weight excluding hydrogens is 364 g/mol. The van der Waals surface area contributed by atoms with Crippen LogP contribution in [0, 0.1) is 17.2 Å². The predicted octanol–water partition coefficient (Wildman–Crippen LogP) is 3.88. The van der Waals surface area contributed by atoms with Crippen LogP contribution in [0.3, 0.4) is 0 Å². The summed E-state index contributed by atoms with van der Waals surface area (Å²) in [6, 6.07) is 16.3. The highest BCUT2D eigenvalue weighted by molar-refractivity contribution is 6.30. The Hall–Kier alpha value is -3.30. The predicted molar refractivity (Wildman–Crippen MR) is 103 cm³/mol. The third kappa shape index (κ3) is 3.14. The third-order valence-electron chi connectivity index (χ3n) is 4.60. The van der Waals surface area contributed by atoms with Crippen LogP contribution in [0.1, 0.15) is 12.8 Å². The highest BCUT2D eigenvalue weighted by Crippen LogP contribution is 2.42. The van der Waals surface area contributed by atoms with Gasteiger partial charge in [-0.2, -0.15) is 5.26 Å². The number of fused-ring (bicyclic) bond motifs is 3. The molecule has 134 valence electrons. The Labute approximate surface area is 161 Å². The van der Waals surface area contributed by atoms with E-state index in [2.05, 4.69) is 16.7 Å². The number of amides is 2. The normalized spacial score (nSPS) is 17.7. The molecule has 27 heavy (non-hydrogen) atoms. The van der Waals surface area contributed by atoms with Gasteiger partial charge in [0.2, 0.25) is 11.8 Å². The largest absolute Gasteiger partial charge is 0.339 e. The number of nitrogens with zero attached hydrogens (tertiary/aromatic N) is 2. The first-order valence-corrected chi connectivity index (χ1v) is 8.83. The molecule has 0 saturated heterocycles. The highest BCUT2D eigenvalue weighted by atomic mass is 35.5. The zero-order chi connectivity index (χ0) is 19.0. The number of rotatable bonds is 3. The molecule has 0 spiro atoms. The molecule has 2 amide bonds. The number of anilines is 3. The standard InChI is InChI=1S/C20H15ClN4O2/c21-14-4-3-5-15(10-14)23-18(26)9-12-8-13(11-22)19-24-16-6-1-2-7-17(16)25(19)20(12)27/h1-7,10,12,24H,8-9H2,(H,23,26). The van der Waals surface area contributed by atoms with Crippen LogP contribution < -0.4 is 15.5 Å². The molecule has 2 N–H and O–H groups in total. The van der Waals surface area contributed by atoms with Gasteiger partial charge in [0.05, 0.1) is 28.9 Å². The lowest BCUT2D eigenvalue weighted by Gasteiger charge is -2.29. The van der Waals surface area contributed by atoms with Crippen molar-refractivity contribution >= 4 is 40.5 Å². The minimum Gasteiger partial charge on any atom is -0.339 e. The summed E-state index contributed by atoms with van der Waals surface area (Å²) in [5, 5.41) is 15.9. The molecule has 0 fully saturated rings. The molecule has 2 aliphatic heterocycles. The number of nitriles is 1. The van der Waals surface area contributed by atoms with Gasteiger partial charge < -0.3 is 10.6 Å². The van der Waals surface area contributed by atoms with Crippen molar-refractivity contribution in [2.45, 2.75) is 12.8 Å². The molecule has 0 aliphatic carbocycles. The van der Waals surface area contributed by atoms with Crippen molar-refractivity contribution in [1.29, 1.82) is 5.26 Å². The van der Waals surface area contributed by atoms with Crippen LogP contribution in [0.4, 0.5) is 17.1 Å². The third-order valence-corrected chi connectivity index (χ3v) is 4.84. The second-order valence-corrected chi connectivity index (χ2v) is 6.85. The fourth-order valence-electron chi connectivity index (χ4n) is 3.39.